The molecule has 2 rings (SSSR count). The summed E-state index contributed by atoms with van der Waals surface area (Å²) in [5.74, 6) is 0.846. The fourth-order valence-electron chi connectivity index (χ4n) is 2.56. The summed E-state index contributed by atoms with van der Waals surface area (Å²) in [5.41, 5.74) is 1.57. The maximum Gasteiger partial charge on any atom is 0.320 e. The van der Waals surface area contributed by atoms with Crippen molar-refractivity contribution in [1.29, 1.82) is 0 Å². The fraction of sp³-hybridized carbons (Fsp3) is 0.350. The number of methoxy groups -OCH3 is 1. The van der Waals surface area contributed by atoms with Crippen molar-refractivity contribution in [3.05, 3.63) is 56.5 Å². The number of carboxylic acids is 1. The zero-order valence-electron chi connectivity index (χ0n) is 16.0. The van der Waals surface area contributed by atoms with E-state index in [4.69, 9.17) is 44.3 Å². The van der Waals surface area contributed by atoms with Crippen molar-refractivity contribution in [2.75, 3.05) is 19.1 Å². The van der Waals surface area contributed by atoms with E-state index < -0.39 is 12.0 Å². The van der Waals surface area contributed by atoms with Gasteiger partial charge in [0.15, 0.2) is 11.5 Å². The monoisotopic (exact) mass is 477 g/mol. The number of aliphatic carboxylic acids is 1. The molecule has 5 nitrogen and oxygen atoms in total. The van der Waals surface area contributed by atoms with E-state index in [-0.39, 0.29) is 6.61 Å². The number of hydrogen-bond acceptors (Lipinski definition) is 5. The zero-order valence-corrected chi connectivity index (χ0v) is 19.1. The average Bonchev–Trinajstić information content (AvgIpc) is 2.69. The van der Waals surface area contributed by atoms with Crippen LogP contribution in [0.5, 0.6) is 11.5 Å². The Labute approximate surface area is 189 Å². The molecule has 0 heterocycles. The lowest BCUT2D eigenvalue weighted by Gasteiger charge is -2.17. The van der Waals surface area contributed by atoms with Crippen LogP contribution in [-0.4, -0.2) is 36.2 Å². The van der Waals surface area contributed by atoms with E-state index in [0.29, 0.717) is 39.5 Å². The fourth-order valence-corrected chi connectivity index (χ4v) is 3.57. The van der Waals surface area contributed by atoms with E-state index in [1.807, 2.05) is 12.3 Å². The highest BCUT2D eigenvalue weighted by Gasteiger charge is 2.18. The smallest absolute Gasteiger partial charge is 0.320 e. The molecule has 1 unspecified atom stereocenters. The van der Waals surface area contributed by atoms with Gasteiger partial charge in [0.05, 0.1) is 17.2 Å². The van der Waals surface area contributed by atoms with Crippen LogP contribution in [0.2, 0.25) is 15.1 Å². The lowest BCUT2D eigenvalue weighted by molar-refractivity contribution is -0.139. The Morgan fingerprint density at radius 3 is 2.52 bits per heavy atom. The molecule has 0 amide bonds. The number of thioether (sulfide) groups is 1. The third-order valence-corrected chi connectivity index (χ3v) is 5.89. The minimum atomic E-state index is -0.885. The van der Waals surface area contributed by atoms with Crippen molar-refractivity contribution in [3.63, 3.8) is 0 Å². The van der Waals surface area contributed by atoms with Crippen molar-refractivity contribution in [3.8, 4) is 11.5 Å². The SMILES string of the molecule is COc1cc(CNC(CCSC)C(=O)O)c(Cl)cc1OCc1ccc(Cl)c(Cl)c1. The molecule has 1 atom stereocenters. The average molecular weight is 479 g/mol. The van der Waals surface area contributed by atoms with Gasteiger partial charge < -0.3 is 19.9 Å². The number of benzene rings is 2. The summed E-state index contributed by atoms with van der Waals surface area (Å²) >= 11 is 20.0. The normalized spacial score (nSPS) is 11.9. The molecule has 29 heavy (non-hydrogen) atoms. The van der Waals surface area contributed by atoms with Gasteiger partial charge in [0, 0.05) is 17.6 Å². The van der Waals surface area contributed by atoms with Crippen LogP contribution in [0.15, 0.2) is 30.3 Å². The molecule has 0 aliphatic carbocycles. The van der Waals surface area contributed by atoms with Gasteiger partial charge in [0.25, 0.3) is 0 Å². The maximum atomic E-state index is 11.4. The number of halogens is 3. The second-order valence-corrected chi connectivity index (χ2v) is 8.39. The van der Waals surface area contributed by atoms with Gasteiger partial charge in [-0.3, -0.25) is 4.79 Å². The standard InChI is InChI=1S/C20H22Cl3NO4S/c1-27-18-8-13(10-24-17(20(25)26)5-6-29-2)15(22)9-19(18)28-11-12-3-4-14(21)16(23)7-12/h3-4,7-9,17,24H,5-6,10-11H2,1-2H3,(H,25,26). The Balaban J connectivity index is 2.09. The number of hydrogen-bond donors (Lipinski definition) is 2. The highest BCUT2D eigenvalue weighted by molar-refractivity contribution is 7.98. The first-order valence-corrected chi connectivity index (χ1v) is 11.3. The number of carbonyl (C=O) groups is 1. The van der Waals surface area contributed by atoms with Crippen LogP contribution < -0.4 is 14.8 Å². The molecule has 0 saturated heterocycles. The Morgan fingerprint density at radius 2 is 1.90 bits per heavy atom. The largest absolute Gasteiger partial charge is 0.493 e. The summed E-state index contributed by atoms with van der Waals surface area (Å²) in [7, 11) is 1.53. The van der Waals surface area contributed by atoms with E-state index in [9.17, 15) is 9.90 Å². The zero-order chi connectivity index (χ0) is 21.4. The van der Waals surface area contributed by atoms with Gasteiger partial charge in [-0.1, -0.05) is 40.9 Å². The molecule has 0 fully saturated rings. The molecule has 0 aromatic heterocycles. The van der Waals surface area contributed by atoms with Crippen LogP contribution in [-0.2, 0) is 17.9 Å². The van der Waals surface area contributed by atoms with Gasteiger partial charge in [0.2, 0.25) is 0 Å². The van der Waals surface area contributed by atoms with Crippen molar-refractivity contribution >= 4 is 52.5 Å². The minimum absolute atomic E-state index is 0.261. The Morgan fingerprint density at radius 1 is 1.14 bits per heavy atom. The second-order valence-electron chi connectivity index (χ2n) is 6.18. The molecular weight excluding hydrogens is 457 g/mol. The number of rotatable bonds is 11. The molecule has 0 radical (unpaired) electrons. The maximum absolute atomic E-state index is 11.4. The third-order valence-electron chi connectivity index (χ3n) is 4.16. The first kappa shape index (κ1) is 24.0. The molecule has 2 aromatic rings. The molecule has 2 aromatic carbocycles. The summed E-state index contributed by atoms with van der Waals surface area (Å²) in [6.45, 7) is 0.560. The lowest BCUT2D eigenvalue weighted by atomic mass is 10.1. The lowest BCUT2D eigenvalue weighted by Crippen LogP contribution is -2.36. The van der Waals surface area contributed by atoms with E-state index in [1.54, 1.807) is 36.0 Å². The minimum Gasteiger partial charge on any atom is -0.493 e. The van der Waals surface area contributed by atoms with E-state index >= 15 is 0 Å². The molecule has 9 heteroatoms. The molecule has 0 aliphatic rings. The molecule has 0 aliphatic heterocycles. The van der Waals surface area contributed by atoms with Crippen LogP contribution in [0.1, 0.15) is 17.5 Å². The summed E-state index contributed by atoms with van der Waals surface area (Å²) in [5, 5.41) is 13.8. The van der Waals surface area contributed by atoms with Crippen molar-refractivity contribution in [1.82, 2.24) is 5.32 Å². The van der Waals surface area contributed by atoms with Gasteiger partial charge in [-0.25, -0.2) is 0 Å². The Bertz CT molecular complexity index is 851. The Kier molecular flexibility index (Phi) is 9.72. The molecular formula is C20H22Cl3NO4S. The van der Waals surface area contributed by atoms with Crippen LogP contribution in [0.25, 0.3) is 0 Å². The molecule has 158 valence electrons. The van der Waals surface area contributed by atoms with Crippen LogP contribution in [0.3, 0.4) is 0 Å². The van der Waals surface area contributed by atoms with Crippen LogP contribution >= 0.6 is 46.6 Å². The van der Waals surface area contributed by atoms with Gasteiger partial charge in [-0.2, -0.15) is 11.8 Å². The summed E-state index contributed by atoms with van der Waals surface area (Å²) in [4.78, 5) is 11.4. The number of ether oxygens (including phenoxy) is 2. The van der Waals surface area contributed by atoms with Crippen molar-refractivity contribution < 1.29 is 19.4 Å². The topological polar surface area (TPSA) is 67.8 Å². The molecule has 0 saturated carbocycles. The van der Waals surface area contributed by atoms with Gasteiger partial charge in [0.1, 0.15) is 12.6 Å². The Hall–Kier alpha value is -1.31. The first-order chi connectivity index (χ1) is 13.8. The predicted octanol–water partition coefficient (Wildman–Crippen LogP) is 5.53. The van der Waals surface area contributed by atoms with Gasteiger partial charge in [-0.05, 0) is 47.8 Å². The van der Waals surface area contributed by atoms with E-state index in [0.717, 1.165) is 16.9 Å². The quantitative estimate of drug-likeness (QED) is 0.442. The summed E-state index contributed by atoms with van der Waals surface area (Å²) in [6, 6.07) is 8.02. The molecule has 2 N–H and O–H groups in total. The summed E-state index contributed by atoms with van der Waals surface area (Å²) < 4.78 is 11.2. The van der Waals surface area contributed by atoms with Crippen molar-refractivity contribution in [2.45, 2.75) is 25.6 Å². The number of nitrogens with one attached hydrogen (secondary N) is 1. The predicted molar refractivity (Wildman–Crippen MR) is 120 cm³/mol. The third kappa shape index (κ3) is 7.15. The van der Waals surface area contributed by atoms with Gasteiger partial charge >= 0.3 is 5.97 Å². The molecule has 0 bridgehead atoms. The van der Waals surface area contributed by atoms with E-state index in [2.05, 4.69) is 5.32 Å². The van der Waals surface area contributed by atoms with Crippen molar-refractivity contribution in [2.24, 2.45) is 0 Å². The van der Waals surface area contributed by atoms with Gasteiger partial charge in [-0.15, -0.1) is 0 Å². The first-order valence-electron chi connectivity index (χ1n) is 8.74. The van der Waals surface area contributed by atoms with Crippen LogP contribution in [0.4, 0.5) is 0 Å². The number of carboxylic acid groups (broad SMARTS) is 1. The van der Waals surface area contributed by atoms with Crippen LogP contribution in [0, 0.1) is 0 Å². The highest BCUT2D eigenvalue weighted by Crippen LogP contribution is 2.34. The summed E-state index contributed by atoms with van der Waals surface area (Å²) in [6.07, 6.45) is 2.47. The highest BCUT2D eigenvalue weighted by atomic mass is 35.5. The van der Waals surface area contributed by atoms with E-state index in [1.165, 1.54) is 7.11 Å². The molecule has 0 spiro atoms. The second kappa shape index (κ2) is 11.8.